The van der Waals surface area contributed by atoms with Gasteiger partial charge in [0.25, 0.3) is 5.91 Å². The van der Waals surface area contributed by atoms with Crippen molar-refractivity contribution in [3.8, 4) is 5.75 Å². The lowest BCUT2D eigenvalue weighted by Crippen LogP contribution is -2.45. The minimum Gasteiger partial charge on any atom is -0.494 e. The van der Waals surface area contributed by atoms with Crippen LogP contribution in [0.3, 0.4) is 0 Å². The maximum absolute atomic E-state index is 13.5. The van der Waals surface area contributed by atoms with Gasteiger partial charge in [-0.15, -0.1) is 0 Å². The van der Waals surface area contributed by atoms with Crippen LogP contribution >= 0.6 is 0 Å². The number of hydrogen-bond donors (Lipinski definition) is 2. The molecule has 1 atom stereocenters. The number of amides is 2. The highest BCUT2D eigenvalue weighted by Crippen LogP contribution is 2.18. The summed E-state index contributed by atoms with van der Waals surface area (Å²) in [6, 6.07) is 3.39. The van der Waals surface area contributed by atoms with E-state index in [0.717, 1.165) is 18.9 Å². The lowest BCUT2D eigenvalue weighted by Gasteiger charge is -2.15. The van der Waals surface area contributed by atoms with E-state index in [1.807, 2.05) is 0 Å². The normalized spacial score (nSPS) is 18.9. The molecule has 108 valence electrons. The van der Waals surface area contributed by atoms with Crippen LogP contribution in [-0.2, 0) is 4.79 Å². The molecule has 1 saturated heterocycles. The zero-order chi connectivity index (χ0) is 14.5. The Morgan fingerprint density at radius 3 is 2.95 bits per heavy atom. The molecule has 1 aliphatic rings. The average molecular weight is 280 g/mol. The van der Waals surface area contributed by atoms with E-state index in [4.69, 9.17) is 4.74 Å². The van der Waals surface area contributed by atoms with E-state index in [1.54, 1.807) is 0 Å². The molecule has 0 bridgehead atoms. The third-order valence-corrected chi connectivity index (χ3v) is 3.25. The summed E-state index contributed by atoms with van der Waals surface area (Å²) in [4.78, 5) is 23.8. The number of hydrogen-bond acceptors (Lipinski definition) is 3. The molecule has 0 saturated carbocycles. The Labute approximate surface area is 116 Å². The molecule has 6 heteroatoms. The van der Waals surface area contributed by atoms with E-state index in [9.17, 15) is 14.0 Å². The van der Waals surface area contributed by atoms with Gasteiger partial charge in [-0.05, 0) is 37.5 Å². The van der Waals surface area contributed by atoms with Crippen LogP contribution in [0.15, 0.2) is 18.2 Å². The summed E-state index contributed by atoms with van der Waals surface area (Å²) in [6.07, 6.45) is 2.35. The van der Waals surface area contributed by atoms with Crippen LogP contribution in [0.4, 0.5) is 4.39 Å². The summed E-state index contributed by atoms with van der Waals surface area (Å²) >= 11 is 0. The quantitative estimate of drug-likeness (QED) is 0.875. The second-order valence-corrected chi connectivity index (χ2v) is 4.66. The van der Waals surface area contributed by atoms with E-state index < -0.39 is 17.8 Å². The van der Waals surface area contributed by atoms with Crippen molar-refractivity contribution in [2.24, 2.45) is 0 Å². The van der Waals surface area contributed by atoms with Gasteiger partial charge in [0.05, 0.1) is 7.11 Å². The number of ether oxygens (including phenoxy) is 1. The fraction of sp³-hybridized carbons (Fsp3) is 0.429. The Bertz CT molecular complexity index is 519. The molecule has 0 radical (unpaired) electrons. The zero-order valence-electron chi connectivity index (χ0n) is 11.2. The highest BCUT2D eigenvalue weighted by Gasteiger charge is 2.23. The highest BCUT2D eigenvalue weighted by atomic mass is 19.1. The van der Waals surface area contributed by atoms with Crippen molar-refractivity contribution in [3.63, 3.8) is 0 Å². The summed E-state index contributed by atoms with van der Waals surface area (Å²) in [7, 11) is 1.36. The molecule has 1 aliphatic heterocycles. The summed E-state index contributed by atoms with van der Waals surface area (Å²) in [5.41, 5.74) is 0.167. The van der Waals surface area contributed by atoms with Gasteiger partial charge in [-0.25, -0.2) is 4.39 Å². The van der Waals surface area contributed by atoms with Crippen molar-refractivity contribution in [1.82, 2.24) is 10.6 Å². The predicted molar refractivity (Wildman–Crippen MR) is 71.1 cm³/mol. The number of benzene rings is 1. The van der Waals surface area contributed by atoms with Gasteiger partial charge in [0.15, 0.2) is 11.6 Å². The van der Waals surface area contributed by atoms with Gasteiger partial charge in [-0.1, -0.05) is 0 Å². The molecule has 2 rings (SSSR count). The first kappa shape index (κ1) is 14.3. The molecule has 5 nitrogen and oxygen atoms in total. The van der Waals surface area contributed by atoms with E-state index >= 15 is 0 Å². The fourth-order valence-electron chi connectivity index (χ4n) is 2.13. The Kier molecular flexibility index (Phi) is 4.55. The second kappa shape index (κ2) is 6.36. The smallest absolute Gasteiger partial charge is 0.252 e. The molecule has 2 N–H and O–H groups in total. The van der Waals surface area contributed by atoms with Crippen LogP contribution in [0.5, 0.6) is 5.75 Å². The maximum atomic E-state index is 13.5. The van der Waals surface area contributed by atoms with Gasteiger partial charge in [0, 0.05) is 12.1 Å². The van der Waals surface area contributed by atoms with Gasteiger partial charge in [-0.3, -0.25) is 9.59 Å². The van der Waals surface area contributed by atoms with Crippen molar-refractivity contribution in [1.29, 1.82) is 0 Å². The minimum absolute atomic E-state index is 0.0776. The summed E-state index contributed by atoms with van der Waals surface area (Å²) in [6.45, 7) is 0.627. The average Bonchev–Trinajstić information content (AvgIpc) is 2.64. The lowest BCUT2D eigenvalue weighted by atomic mass is 10.1. The molecule has 0 spiro atoms. The van der Waals surface area contributed by atoms with Crippen molar-refractivity contribution < 1.29 is 18.7 Å². The van der Waals surface area contributed by atoms with E-state index in [0.29, 0.717) is 13.0 Å². The topological polar surface area (TPSA) is 67.4 Å². The standard InChI is InChI=1S/C14H17FN2O3/c1-20-12-6-5-9(8-10(12)15)13(18)17-11-4-2-3-7-16-14(11)19/h5-6,8,11H,2-4,7H2,1H3,(H,16,19)(H,17,18)/t11-/m1/s1. The summed E-state index contributed by atoms with van der Waals surface area (Å²) < 4.78 is 18.3. The SMILES string of the molecule is COc1ccc(C(=O)N[C@@H]2CCCCNC2=O)cc1F. The van der Waals surface area contributed by atoms with E-state index in [2.05, 4.69) is 10.6 Å². The number of carbonyl (C=O) groups excluding carboxylic acids is 2. The number of methoxy groups -OCH3 is 1. The van der Waals surface area contributed by atoms with Gasteiger partial charge in [-0.2, -0.15) is 0 Å². The summed E-state index contributed by atoms with van der Waals surface area (Å²) in [5.74, 6) is -1.18. The highest BCUT2D eigenvalue weighted by molar-refractivity contribution is 5.97. The van der Waals surface area contributed by atoms with Gasteiger partial charge < -0.3 is 15.4 Å². The van der Waals surface area contributed by atoms with E-state index in [1.165, 1.54) is 19.2 Å². The predicted octanol–water partition coefficient (Wildman–Crippen LogP) is 1.23. The minimum atomic E-state index is -0.606. The fourth-order valence-corrected chi connectivity index (χ4v) is 2.13. The Hall–Kier alpha value is -2.11. The van der Waals surface area contributed by atoms with Crippen LogP contribution in [0.2, 0.25) is 0 Å². The van der Waals surface area contributed by atoms with Gasteiger partial charge >= 0.3 is 0 Å². The van der Waals surface area contributed by atoms with Crippen LogP contribution in [0.1, 0.15) is 29.6 Å². The number of halogens is 1. The van der Waals surface area contributed by atoms with Gasteiger partial charge in [0.2, 0.25) is 5.91 Å². The molecule has 2 amide bonds. The molecule has 1 aromatic carbocycles. The zero-order valence-corrected chi connectivity index (χ0v) is 11.2. The third-order valence-electron chi connectivity index (χ3n) is 3.25. The molecule has 0 unspecified atom stereocenters. The number of nitrogens with one attached hydrogen (secondary N) is 2. The van der Waals surface area contributed by atoms with Crippen molar-refractivity contribution in [2.75, 3.05) is 13.7 Å². The second-order valence-electron chi connectivity index (χ2n) is 4.66. The molecule has 20 heavy (non-hydrogen) atoms. The lowest BCUT2D eigenvalue weighted by molar-refractivity contribution is -0.122. The first-order chi connectivity index (χ1) is 9.61. The van der Waals surface area contributed by atoms with Crippen LogP contribution < -0.4 is 15.4 Å². The number of rotatable bonds is 3. The van der Waals surface area contributed by atoms with Gasteiger partial charge in [0.1, 0.15) is 6.04 Å². The molecule has 0 aromatic heterocycles. The third kappa shape index (κ3) is 3.26. The van der Waals surface area contributed by atoms with Crippen LogP contribution in [0.25, 0.3) is 0 Å². The monoisotopic (exact) mass is 280 g/mol. The van der Waals surface area contributed by atoms with Crippen LogP contribution in [-0.4, -0.2) is 31.5 Å². The Balaban J connectivity index is 2.07. The van der Waals surface area contributed by atoms with Crippen molar-refractivity contribution in [2.45, 2.75) is 25.3 Å². The van der Waals surface area contributed by atoms with Crippen molar-refractivity contribution >= 4 is 11.8 Å². The maximum Gasteiger partial charge on any atom is 0.252 e. The molecule has 0 aliphatic carbocycles. The van der Waals surface area contributed by atoms with E-state index in [-0.39, 0.29) is 17.2 Å². The largest absolute Gasteiger partial charge is 0.494 e. The molecular formula is C14H17FN2O3. The molecule has 1 fully saturated rings. The molecular weight excluding hydrogens is 263 g/mol. The molecule has 1 heterocycles. The number of carbonyl (C=O) groups is 2. The first-order valence-electron chi connectivity index (χ1n) is 6.54. The Morgan fingerprint density at radius 1 is 1.45 bits per heavy atom. The molecule has 1 aromatic rings. The summed E-state index contributed by atoms with van der Waals surface area (Å²) in [5, 5.41) is 5.36. The van der Waals surface area contributed by atoms with Crippen molar-refractivity contribution in [3.05, 3.63) is 29.6 Å². The Morgan fingerprint density at radius 2 is 2.25 bits per heavy atom. The first-order valence-corrected chi connectivity index (χ1v) is 6.54. The van der Waals surface area contributed by atoms with Crippen LogP contribution in [0, 0.1) is 5.82 Å².